The third-order valence-electron chi connectivity index (χ3n) is 14.7. The summed E-state index contributed by atoms with van der Waals surface area (Å²) >= 11 is 12.8. The third kappa shape index (κ3) is 12.4. The molecule has 3 amide bonds. The summed E-state index contributed by atoms with van der Waals surface area (Å²) in [4.78, 5) is 47.1. The van der Waals surface area contributed by atoms with E-state index in [1.165, 1.54) is 21.0 Å². The Balaban J connectivity index is 0.967. The van der Waals surface area contributed by atoms with Crippen LogP contribution in [-0.2, 0) is 58.9 Å². The van der Waals surface area contributed by atoms with Gasteiger partial charge in [0.05, 0.1) is 46.7 Å². The van der Waals surface area contributed by atoms with E-state index in [9.17, 15) is 49.1 Å². The van der Waals surface area contributed by atoms with Gasteiger partial charge in [0.15, 0.2) is 0 Å². The van der Waals surface area contributed by atoms with Crippen LogP contribution in [0, 0.1) is 5.92 Å². The second kappa shape index (κ2) is 21.6. The number of alkyl halides is 6. The molecule has 21 heteroatoms. The lowest BCUT2D eigenvalue weighted by Crippen LogP contribution is -2.54. The highest BCUT2D eigenvalue weighted by atomic mass is 35.5. The molecule has 1 spiro atoms. The van der Waals surface area contributed by atoms with E-state index >= 15 is 0 Å². The fourth-order valence-corrected chi connectivity index (χ4v) is 11.6. The highest BCUT2D eigenvalue weighted by molar-refractivity contribution is 7.88. The number of hydrogen-bond donors (Lipinski definition) is 0. The topological polar surface area (TPSA) is 120 Å². The van der Waals surface area contributed by atoms with E-state index in [4.69, 9.17) is 32.7 Å². The first-order chi connectivity index (χ1) is 32.9. The minimum absolute atomic E-state index is 0.00810. The molecule has 0 bridgehead atoms. The Hall–Kier alpha value is -3.98. The molecule has 0 saturated carbocycles. The summed E-state index contributed by atoms with van der Waals surface area (Å²) in [5.41, 5.74) is -2.68. The standard InChI is InChI=1S/C49H59Cl2F6N5O7S/c1-58(43(63)25-33-11-18-62(19-12-33)70(3,66)67)16-6-17-59(2)44(64)31-68-42-28-34-7-4-5-8-39(34)46(42)13-20-60(21-14-46)22-15-47(36-9-10-40(50)41(51)30-36)32-61(23-24-69-47)45(65)35-26-37(48(52,53)54)29-38(27-35)49(55,56)57/h4-5,7-10,26-27,29-30,33,42H,6,11-25,28,31-32H2,1-3H3/t42-,47-/m0/s1. The zero-order chi connectivity index (χ0) is 50.8. The van der Waals surface area contributed by atoms with Crippen LogP contribution in [0.15, 0.2) is 60.7 Å². The Kier molecular flexibility index (Phi) is 16.6. The number of carbonyl (C=O) groups is 3. The Morgan fingerprint density at radius 2 is 1.46 bits per heavy atom. The van der Waals surface area contributed by atoms with Crippen molar-refractivity contribution in [3.8, 4) is 0 Å². The summed E-state index contributed by atoms with van der Waals surface area (Å²) in [6.45, 7) is 2.95. The predicted molar refractivity (Wildman–Crippen MR) is 252 cm³/mol. The first-order valence-corrected chi connectivity index (χ1v) is 26.0. The quantitative estimate of drug-likeness (QED) is 0.140. The summed E-state index contributed by atoms with van der Waals surface area (Å²) in [5, 5.41) is 0.458. The van der Waals surface area contributed by atoms with Crippen molar-refractivity contribution in [2.45, 2.75) is 80.8 Å². The number of rotatable bonds is 15. The first kappa shape index (κ1) is 53.8. The third-order valence-corrected chi connectivity index (χ3v) is 16.7. The maximum absolute atomic E-state index is 13.9. The maximum Gasteiger partial charge on any atom is 0.416 e. The lowest BCUT2D eigenvalue weighted by Gasteiger charge is -2.46. The molecule has 384 valence electrons. The molecule has 3 aromatic rings. The fraction of sp³-hybridized carbons (Fsp3) is 0.571. The number of morpholine rings is 1. The van der Waals surface area contributed by atoms with E-state index in [-0.39, 0.29) is 78.1 Å². The Bertz CT molecular complexity index is 2470. The molecule has 3 aromatic carbocycles. The number of likely N-dealkylation sites (tertiary alicyclic amines) is 1. The highest BCUT2D eigenvalue weighted by Crippen LogP contribution is 2.48. The summed E-state index contributed by atoms with van der Waals surface area (Å²) in [5.74, 6) is -1.07. The number of halogens is 8. The fourth-order valence-electron chi connectivity index (χ4n) is 10.5. The molecular weight excluding hydrogens is 988 g/mol. The van der Waals surface area contributed by atoms with Crippen molar-refractivity contribution in [1.29, 1.82) is 0 Å². The van der Waals surface area contributed by atoms with Gasteiger partial charge in [-0.3, -0.25) is 14.4 Å². The van der Waals surface area contributed by atoms with Crippen molar-refractivity contribution >= 4 is 50.9 Å². The molecular formula is C49H59Cl2F6N5O7S. The molecule has 0 aromatic heterocycles. The molecule has 0 N–H and O–H groups in total. The number of carbonyl (C=O) groups excluding carboxylic acids is 3. The van der Waals surface area contributed by atoms with Crippen LogP contribution in [0.3, 0.4) is 0 Å². The van der Waals surface area contributed by atoms with Crippen LogP contribution in [-0.4, -0.2) is 149 Å². The van der Waals surface area contributed by atoms with Crippen LogP contribution in [0.5, 0.6) is 0 Å². The van der Waals surface area contributed by atoms with Gasteiger partial charge in [-0.15, -0.1) is 0 Å². The summed E-state index contributed by atoms with van der Waals surface area (Å²) in [7, 11) is 0.208. The number of nitrogens with zero attached hydrogens (tertiary/aromatic N) is 5. The Morgan fingerprint density at radius 1 is 0.829 bits per heavy atom. The molecule has 4 aliphatic rings. The molecule has 3 fully saturated rings. The zero-order valence-electron chi connectivity index (χ0n) is 39.4. The van der Waals surface area contributed by atoms with E-state index in [1.54, 1.807) is 42.1 Å². The van der Waals surface area contributed by atoms with E-state index in [1.807, 2.05) is 12.1 Å². The Labute approximate surface area is 415 Å². The van der Waals surface area contributed by atoms with Crippen molar-refractivity contribution in [2.24, 2.45) is 5.92 Å². The van der Waals surface area contributed by atoms with E-state index < -0.39 is 50.6 Å². The summed E-state index contributed by atoms with van der Waals surface area (Å²) < 4.78 is 121. The van der Waals surface area contributed by atoms with Crippen molar-refractivity contribution in [3.05, 3.63) is 104 Å². The number of benzene rings is 3. The number of amides is 3. The van der Waals surface area contributed by atoms with Crippen LogP contribution < -0.4 is 0 Å². The number of ether oxygens (including phenoxy) is 2. The van der Waals surface area contributed by atoms with Crippen molar-refractivity contribution in [1.82, 2.24) is 23.9 Å². The maximum atomic E-state index is 13.9. The molecule has 1 aliphatic carbocycles. The van der Waals surface area contributed by atoms with Gasteiger partial charge in [0.1, 0.15) is 12.2 Å². The second-order valence-corrected chi connectivity index (χ2v) is 22.0. The number of sulfonamides is 1. The highest BCUT2D eigenvalue weighted by Gasteiger charge is 2.50. The van der Waals surface area contributed by atoms with Crippen LogP contribution in [0.1, 0.15) is 83.1 Å². The van der Waals surface area contributed by atoms with E-state index in [2.05, 4.69) is 17.0 Å². The van der Waals surface area contributed by atoms with E-state index in [0.29, 0.717) is 108 Å². The number of fused-ring (bicyclic) bond motifs is 2. The van der Waals surface area contributed by atoms with Crippen LogP contribution in [0.25, 0.3) is 0 Å². The van der Waals surface area contributed by atoms with Crippen molar-refractivity contribution < 1.29 is 58.6 Å². The lowest BCUT2D eigenvalue weighted by molar-refractivity contribution is -0.143. The molecule has 7 rings (SSSR count). The molecule has 12 nitrogen and oxygen atoms in total. The van der Waals surface area contributed by atoms with Gasteiger partial charge >= 0.3 is 12.4 Å². The SMILES string of the molecule is CN(CCCN(C)C(=O)CC1CCN(S(C)(=O)=O)CC1)C(=O)CO[C@H]1Cc2ccccc2C12CCN(CC[C@@]1(c3ccc(Cl)c(Cl)c3)CN(C(=O)c3cc(C(F)(F)F)cc(C(F)(F)F)c3)CCO1)CC2. The van der Waals surface area contributed by atoms with Gasteiger partial charge in [0, 0.05) is 70.8 Å². The minimum Gasteiger partial charge on any atom is -0.367 e. The molecule has 3 heterocycles. The zero-order valence-corrected chi connectivity index (χ0v) is 41.7. The van der Waals surface area contributed by atoms with Gasteiger partial charge < -0.3 is 29.1 Å². The second-order valence-electron chi connectivity index (χ2n) is 19.2. The molecule has 3 aliphatic heterocycles. The molecule has 0 unspecified atom stereocenters. The van der Waals surface area contributed by atoms with Gasteiger partial charge in [-0.2, -0.15) is 26.3 Å². The first-order valence-electron chi connectivity index (χ1n) is 23.4. The minimum atomic E-state index is -5.13. The van der Waals surface area contributed by atoms with Gasteiger partial charge in [0.25, 0.3) is 5.91 Å². The summed E-state index contributed by atoms with van der Waals surface area (Å²) in [6.07, 6.45) is -4.86. The molecule has 0 radical (unpaired) electrons. The van der Waals surface area contributed by atoms with Gasteiger partial charge in [0.2, 0.25) is 21.8 Å². The molecule has 70 heavy (non-hydrogen) atoms. The molecule has 2 atom stereocenters. The number of piperidine rings is 2. The van der Waals surface area contributed by atoms with Crippen LogP contribution in [0.4, 0.5) is 26.3 Å². The predicted octanol–water partition coefficient (Wildman–Crippen LogP) is 8.13. The van der Waals surface area contributed by atoms with Gasteiger partial charge in [-0.1, -0.05) is 53.5 Å². The van der Waals surface area contributed by atoms with Crippen LogP contribution >= 0.6 is 23.2 Å². The number of likely N-dealkylation sites (N-methyl/N-ethyl adjacent to an activating group) is 1. The van der Waals surface area contributed by atoms with Crippen LogP contribution in [0.2, 0.25) is 10.0 Å². The lowest BCUT2D eigenvalue weighted by atomic mass is 9.72. The Morgan fingerprint density at radius 3 is 2.07 bits per heavy atom. The average molecular weight is 1050 g/mol. The average Bonchev–Trinajstić information content (AvgIpc) is 3.62. The van der Waals surface area contributed by atoms with E-state index in [0.717, 1.165) is 5.56 Å². The van der Waals surface area contributed by atoms with Gasteiger partial charge in [-0.25, -0.2) is 12.7 Å². The summed E-state index contributed by atoms with van der Waals surface area (Å²) in [6, 6.07) is 13.9. The molecule has 3 saturated heterocycles. The van der Waals surface area contributed by atoms with Gasteiger partial charge in [-0.05, 0) is 111 Å². The van der Waals surface area contributed by atoms with Crippen molar-refractivity contribution in [3.63, 3.8) is 0 Å². The number of hydrogen-bond acceptors (Lipinski definition) is 8. The smallest absolute Gasteiger partial charge is 0.367 e. The monoisotopic (exact) mass is 1050 g/mol. The van der Waals surface area contributed by atoms with Crippen molar-refractivity contribution in [2.75, 3.05) is 92.5 Å². The normalized spacial score (nSPS) is 21.5. The largest absolute Gasteiger partial charge is 0.416 e.